The largest absolute Gasteiger partial charge is 0.504 e. The molecule has 5 atom stereocenters. The lowest BCUT2D eigenvalue weighted by molar-refractivity contribution is -0.170. The van der Waals surface area contributed by atoms with Crippen molar-refractivity contribution < 1.29 is 48.7 Å². The lowest BCUT2D eigenvalue weighted by atomic mass is 9.50. The zero-order chi connectivity index (χ0) is 26.7. The summed E-state index contributed by atoms with van der Waals surface area (Å²) in [5, 5.41) is 31.5. The van der Waals surface area contributed by atoms with Gasteiger partial charge in [-0.25, -0.2) is 0 Å². The molecule has 0 saturated carbocycles. The maximum atomic E-state index is 12.7. The van der Waals surface area contributed by atoms with Crippen LogP contribution in [0.15, 0.2) is 24.0 Å². The van der Waals surface area contributed by atoms with Crippen molar-refractivity contribution in [1.29, 1.82) is 0 Å². The van der Waals surface area contributed by atoms with Gasteiger partial charge in [0.15, 0.2) is 29.5 Å². The molecule has 2 aliphatic heterocycles. The number of carboxylic acids is 1. The van der Waals surface area contributed by atoms with E-state index in [1.54, 1.807) is 12.1 Å². The molecule has 37 heavy (non-hydrogen) atoms. The minimum Gasteiger partial charge on any atom is -0.504 e. The van der Waals surface area contributed by atoms with Gasteiger partial charge in [-0.2, -0.15) is 0 Å². The van der Waals surface area contributed by atoms with E-state index in [1.807, 2.05) is 13.1 Å². The molecule has 1 aromatic rings. The molecule has 0 amide bonds. The van der Waals surface area contributed by atoms with Crippen molar-refractivity contribution in [3.05, 3.63) is 35.1 Å². The van der Waals surface area contributed by atoms with Gasteiger partial charge in [-0.15, -0.1) is 0 Å². The third-order valence-electron chi connectivity index (χ3n) is 8.21. The van der Waals surface area contributed by atoms with Crippen LogP contribution in [0.5, 0.6) is 11.5 Å². The number of carbonyl (C=O) groups is 4. The number of Topliss-reactive ketones (excluding diaryl/α,β-unsaturated/α-hetero) is 1. The van der Waals surface area contributed by atoms with Gasteiger partial charge in [0.25, 0.3) is 0 Å². The average molecular weight is 516 g/mol. The molecule has 4 aliphatic rings. The summed E-state index contributed by atoms with van der Waals surface area (Å²) >= 11 is 0. The molecule has 0 radical (unpaired) electrons. The van der Waals surface area contributed by atoms with Crippen molar-refractivity contribution in [3.8, 4) is 11.5 Å². The Bertz CT molecular complexity index is 1220. The molecule has 1 spiro atoms. The molecular formula is C26H29NO10. The molecule has 0 unspecified atom stereocenters. The van der Waals surface area contributed by atoms with E-state index in [-0.39, 0.29) is 30.4 Å². The molecule has 1 aromatic carbocycles. The predicted octanol–water partition coefficient (Wildman–Crippen LogP) is 0.969. The number of ether oxygens (including phenoxy) is 3. The number of carbonyl (C=O) groups excluding carboxylic acids is 3. The Labute approximate surface area is 212 Å². The van der Waals surface area contributed by atoms with Crippen molar-refractivity contribution >= 4 is 23.7 Å². The fraction of sp³-hybridized carbons (Fsp3) is 0.538. The summed E-state index contributed by atoms with van der Waals surface area (Å²) in [5.41, 5.74) is -0.348. The van der Waals surface area contributed by atoms with E-state index in [9.17, 15) is 29.4 Å². The van der Waals surface area contributed by atoms with Crippen molar-refractivity contribution in [2.24, 2.45) is 0 Å². The molecule has 198 valence electrons. The Morgan fingerprint density at radius 1 is 1.22 bits per heavy atom. The van der Waals surface area contributed by atoms with Gasteiger partial charge in [0.1, 0.15) is 5.76 Å². The summed E-state index contributed by atoms with van der Waals surface area (Å²) in [6.45, 7) is 1.80. The smallest absolute Gasteiger partial charge is 0.311 e. The van der Waals surface area contributed by atoms with Crippen molar-refractivity contribution in [1.82, 2.24) is 4.90 Å². The number of carboxylic acid groups (broad SMARTS) is 1. The molecule has 11 nitrogen and oxygen atoms in total. The Kier molecular flexibility index (Phi) is 6.03. The highest BCUT2D eigenvalue weighted by molar-refractivity contribution is 5.88. The standard InChI is InChI=1S/C26H29NO10/c1-13(28)17(12-19(30)31)36-21(33)6-5-20(32)35-16-7-8-26(34)18-11-14-3-4-15(29)23-22(14)25(26,24(16)37-23)9-10-27(18)2/h3-4,7,17-18,24,29,34H,5-6,8-12H2,1-2H3,(H,30,31)/t17-,18-,24+,25+,26-/m1/s1. The van der Waals surface area contributed by atoms with Crippen LogP contribution < -0.4 is 4.74 Å². The molecule has 0 aromatic heterocycles. The second-order valence-electron chi connectivity index (χ2n) is 10.3. The summed E-state index contributed by atoms with van der Waals surface area (Å²) < 4.78 is 16.8. The summed E-state index contributed by atoms with van der Waals surface area (Å²) in [4.78, 5) is 49.4. The number of phenolic OH excluding ortho intramolecular Hbond substituents is 1. The average Bonchev–Trinajstić information content (AvgIpc) is 3.19. The number of piperidine rings is 1. The number of aliphatic hydroxyl groups is 1. The first-order chi connectivity index (χ1) is 17.5. The molecule has 3 N–H and O–H groups in total. The van der Waals surface area contributed by atoms with Crippen LogP contribution in [-0.2, 0) is 40.5 Å². The number of phenols is 1. The van der Waals surface area contributed by atoms with E-state index in [0.717, 1.165) is 18.1 Å². The van der Waals surface area contributed by atoms with Gasteiger partial charge in [0.2, 0.25) is 0 Å². The van der Waals surface area contributed by atoms with E-state index in [1.165, 1.54) is 0 Å². The zero-order valence-corrected chi connectivity index (χ0v) is 20.6. The minimum absolute atomic E-state index is 0.0444. The fourth-order valence-corrected chi connectivity index (χ4v) is 6.47. The highest BCUT2D eigenvalue weighted by atomic mass is 16.6. The number of aliphatic carboxylic acids is 1. The molecular weight excluding hydrogens is 486 g/mol. The Morgan fingerprint density at radius 2 is 1.95 bits per heavy atom. The van der Waals surface area contributed by atoms with Gasteiger partial charge < -0.3 is 34.4 Å². The summed E-state index contributed by atoms with van der Waals surface area (Å²) in [7, 11) is 1.97. The topological polar surface area (TPSA) is 160 Å². The van der Waals surface area contributed by atoms with Crippen molar-refractivity contribution in [3.63, 3.8) is 0 Å². The molecule has 1 saturated heterocycles. The van der Waals surface area contributed by atoms with Gasteiger partial charge in [-0.1, -0.05) is 6.07 Å². The van der Waals surface area contributed by atoms with Crippen LogP contribution in [0.4, 0.5) is 0 Å². The number of nitrogens with zero attached hydrogens (tertiary/aromatic N) is 1. The first-order valence-corrected chi connectivity index (χ1v) is 12.2. The number of ketones is 1. The predicted molar refractivity (Wildman–Crippen MR) is 125 cm³/mol. The van der Waals surface area contributed by atoms with Crippen LogP contribution in [0.2, 0.25) is 0 Å². The monoisotopic (exact) mass is 515 g/mol. The highest BCUT2D eigenvalue weighted by Gasteiger charge is 2.72. The maximum Gasteiger partial charge on any atom is 0.311 e. The number of hydrogen-bond donors (Lipinski definition) is 3. The second kappa shape index (κ2) is 8.84. The van der Waals surface area contributed by atoms with Crippen molar-refractivity contribution in [2.75, 3.05) is 13.6 Å². The van der Waals surface area contributed by atoms with E-state index in [0.29, 0.717) is 25.1 Å². The van der Waals surface area contributed by atoms with Crippen LogP contribution in [0.3, 0.4) is 0 Å². The van der Waals surface area contributed by atoms with E-state index in [2.05, 4.69) is 4.90 Å². The number of likely N-dealkylation sites (N-methyl/N-ethyl adjacent to an activating group) is 1. The number of esters is 2. The highest BCUT2D eigenvalue weighted by Crippen LogP contribution is 2.65. The zero-order valence-electron chi connectivity index (χ0n) is 20.6. The molecule has 2 bridgehead atoms. The van der Waals surface area contributed by atoms with Gasteiger partial charge in [-0.05, 0) is 51.1 Å². The van der Waals surface area contributed by atoms with Crippen LogP contribution in [0, 0.1) is 0 Å². The number of rotatable bonds is 8. The van der Waals surface area contributed by atoms with Gasteiger partial charge in [0.05, 0.1) is 30.3 Å². The Hall–Kier alpha value is -3.44. The number of aromatic hydroxyl groups is 1. The summed E-state index contributed by atoms with van der Waals surface area (Å²) in [6, 6.07) is 3.24. The first kappa shape index (κ1) is 25.2. The lowest BCUT2D eigenvalue weighted by Crippen LogP contribution is -2.74. The third-order valence-corrected chi connectivity index (χ3v) is 8.21. The van der Waals surface area contributed by atoms with E-state index >= 15 is 0 Å². The Morgan fingerprint density at radius 3 is 2.65 bits per heavy atom. The molecule has 2 aliphatic carbocycles. The Balaban J connectivity index is 1.34. The van der Waals surface area contributed by atoms with Crippen LogP contribution in [0.1, 0.15) is 50.2 Å². The number of hydrogen-bond acceptors (Lipinski definition) is 10. The van der Waals surface area contributed by atoms with E-state index in [4.69, 9.17) is 19.3 Å². The molecule has 5 rings (SSSR count). The van der Waals surface area contributed by atoms with Gasteiger partial charge in [0, 0.05) is 18.0 Å². The third kappa shape index (κ3) is 3.79. The first-order valence-electron chi connectivity index (χ1n) is 12.2. The van der Waals surface area contributed by atoms with Crippen LogP contribution in [-0.4, -0.2) is 81.4 Å². The fourth-order valence-electron chi connectivity index (χ4n) is 6.47. The SMILES string of the molecule is CC(=O)[C@@H](CC(=O)O)OC(=O)CCC(=O)OC1=CC[C@@]2(O)[C@H]3Cc4ccc(O)c5c4[C@@]2(CCN3C)[C@H]1O5. The van der Waals surface area contributed by atoms with Crippen LogP contribution >= 0.6 is 0 Å². The lowest BCUT2D eigenvalue weighted by Gasteiger charge is -2.61. The number of likely N-dealkylation sites (tertiary alicyclic amines) is 1. The van der Waals surface area contributed by atoms with Crippen molar-refractivity contribution in [2.45, 2.75) is 74.7 Å². The maximum absolute atomic E-state index is 12.7. The second-order valence-corrected chi connectivity index (χ2v) is 10.3. The summed E-state index contributed by atoms with van der Waals surface area (Å²) in [5.74, 6) is -3.08. The molecule has 11 heteroatoms. The van der Waals surface area contributed by atoms with Crippen LogP contribution in [0.25, 0.3) is 0 Å². The minimum atomic E-state index is -1.42. The normalized spacial score (nSPS) is 29.9. The van der Waals surface area contributed by atoms with Gasteiger partial charge in [-0.3, -0.25) is 19.2 Å². The quantitative estimate of drug-likeness (QED) is 0.423. The van der Waals surface area contributed by atoms with E-state index < -0.39 is 59.8 Å². The molecule has 2 heterocycles. The molecule has 1 fully saturated rings. The number of benzene rings is 1. The van der Waals surface area contributed by atoms with Gasteiger partial charge >= 0.3 is 17.9 Å². The summed E-state index contributed by atoms with van der Waals surface area (Å²) in [6.07, 6.45) is -0.708.